The summed E-state index contributed by atoms with van der Waals surface area (Å²) >= 11 is 1.58. The molecule has 3 rings (SSSR count). The normalized spacial score (nSPS) is 18.2. The monoisotopic (exact) mass is 363 g/mol. The largest absolute Gasteiger partial charge is 0.479 e. The van der Waals surface area contributed by atoms with Crippen LogP contribution in [0.15, 0.2) is 26.9 Å². The van der Waals surface area contributed by atoms with Crippen LogP contribution in [-0.4, -0.2) is 41.9 Å². The van der Waals surface area contributed by atoms with Gasteiger partial charge in [-0.05, 0) is 18.8 Å². The smallest absolute Gasteiger partial charge is 0.362 e. The lowest BCUT2D eigenvalue weighted by atomic mass is 9.78. The molecule has 0 fully saturated rings. The maximum atomic E-state index is 11.7. The number of quaternary nitrogens is 1. The fourth-order valence-electron chi connectivity index (χ4n) is 3.08. The Hall–Kier alpha value is -1.93. The molecular weight excluding hydrogens is 340 g/mol. The molecule has 0 unspecified atom stereocenters. The topological polar surface area (TPSA) is 90.3 Å². The Morgan fingerprint density at radius 3 is 2.88 bits per heavy atom. The van der Waals surface area contributed by atoms with E-state index in [0.29, 0.717) is 18.2 Å². The van der Waals surface area contributed by atoms with Crippen LogP contribution in [0, 0.1) is 5.41 Å². The van der Waals surface area contributed by atoms with Gasteiger partial charge in [-0.2, -0.15) is 4.98 Å². The van der Waals surface area contributed by atoms with Crippen molar-refractivity contribution in [3.63, 3.8) is 0 Å². The summed E-state index contributed by atoms with van der Waals surface area (Å²) in [5.74, 6) is 0.284. The highest BCUT2D eigenvalue weighted by atomic mass is 32.2. The number of aliphatic imine (C=N–C) groups is 1. The molecule has 1 aliphatic heterocycles. The summed E-state index contributed by atoms with van der Waals surface area (Å²) < 4.78 is 10.4. The van der Waals surface area contributed by atoms with E-state index < -0.39 is 0 Å². The molecule has 1 aliphatic carbocycles. The van der Waals surface area contributed by atoms with Crippen molar-refractivity contribution in [2.45, 2.75) is 38.6 Å². The zero-order chi connectivity index (χ0) is 18.0. The predicted octanol–water partition coefficient (Wildman–Crippen LogP) is 1.82. The fraction of sp³-hybridized carbons (Fsp3) is 0.529. The van der Waals surface area contributed by atoms with Gasteiger partial charge in [0.2, 0.25) is 5.88 Å². The van der Waals surface area contributed by atoms with E-state index in [4.69, 9.17) is 14.5 Å². The molecule has 25 heavy (non-hydrogen) atoms. The van der Waals surface area contributed by atoms with Crippen LogP contribution in [0.3, 0.4) is 0 Å². The lowest BCUT2D eigenvalue weighted by Crippen LogP contribution is -2.85. The van der Waals surface area contributed by atoms with Gasteiger partial charge in [0, 0.05) is 6.42 Å². The van der Waals surface area contributed by atoms with Crippen molar-refractivity contribution in [1.29, 1.82) is 0 Å². The molecule has 0 amide bonds. The van der Waals surface area contributed by atoms with Crippen LogP contribution in [0.2, 0.25) is 0 Å². The average Bonchev–Trinajstić information content (AvgIpc) is 2.57. The first-order chi connectivity index (χ1) is 11.9. The molecule has 0 aromatic carbocycles. The second-order valence-corrected chi connectivity index (χ2v) is 7.78. The Bertz CT molecular complexity index is 758. The maximum absolute atomic E-state index is 11.7. The van der Waals surface area contributed by atoms with E-state index in [-0.39, 0.29) is 17.9 Å². The number of fused-ring (bicyclic) bond motifs is 2. The summed E-state index contributed by atoms with van der Waals surface area (Å²) in [5.41, 5.74) is 2.91. The van der Waals surface area contributed by atoms with Gasteiger partial charge in [-0.3, -0.25) is 0 Å². The highest BCUT2D eigenvalue weighted by Gasteiger charge is 2.37. The fourth-order valence-corrected chi connectivity index (χ4v) is 4.13. The van der Waals surface area contributed by atoms with Crippen molar-refractivity contribution >= 4 is 29.1 Å². The summed E-state index contributed by atoms with van der Waals surface area (Å²) in [6, 6.07) is 0. The average molecular weight is 363 g/mol. The summed E-state index contributed by atoms with van der Waals surface area (Å²) in [4.78, 5) is 26.1. The van der Waals surface area contributed by atoms with Gasteiger partial charge in [-0.25, -0.2) is 14.8 Å². The molecule has 2 heterocycles. The van der Waals surface area contributed by atoms with E-state index in [1.54, 1.807) is 18.9 Å². The van der Waals surface area contributed by atoms with Crippen molar-refractivity contribution < 1.29 is 19.6 Å². The van der Waals surface area contributed by atoms with Gasteiger partial charge in [-0.15, -0.1) is 0 Å². The zero-order valence-corrected chi connectivity index (χ0v) is 15.8. The number of carbonyl (C=O) groups excluding carboxylic acids is 1. The molecule has 0 bridgehead atoms. The first-order valence-electron chi connectivity index (χ1n) is 8.30. The Morgan fingerprint density at radius 2 is 2.16 bits per heavy atom. The van der Waals surface area contributed by atoms with E-state index in [9.17, 15) is 4.79 Å². The molecule has 0 saturated heterocycles. The van der Waals surface area contributed by atoms with E-state index in [1.165, 1.54) is 6.33 Å². The number of carbonyl (C=O) groups is 1. The van der Waals surface area contributed by atoms with E-state index in [0.717, 1.165) is 34.2 Å². The van der Waals surface area contributed by atoms with Crippen molar-refractivity contribution in [2.75, 3.05) is 20.3 Å². The number of ether oxygens (including phenoxy) is 2. The molecule has 1 aromatic heterocycles. The van der Waals surface area contributed by atoms with Crippen LogP contribution < -0.4 is 10.1 Å². The predicted molar refractivity (Wildman–Crippen MR) is 95.0 cm³/mol. The number of allylic oxidation sites excluding steroid dienone is 2. The highest BCUT2D eigenvalue weighted by Crippen LogP contribution is 2.48. The highest BCUT2D eigenvalue weighted by molar-refractivity contribution is 8.04. The molecule has 2 N–H and O–H groups in total. The molecule has 0 radical (unpaired) electrons. The number of methoxy groups -OCH3 is 1. The first kappa shape index (κ1) is 17.9. The number of nitrogens with zero attached hydrogens (tertiary/aromatic N) is 3. The molecular formula is C17H23N4O3S+. The lowest BCUT2D eigenvalue weighted by Gasteiger charge is -2.33. The molecule has 2 aliphatic rings. The number of aromatic nitrogens is 2. The van der Waals surface area contributed by atoms with Crippen molar-refractivity contribution in [1.82, 2.24) is 9.97 Å². The van der Waals surface area contributed by atoms with Crippen LogP contribution in [0.1, 0.15) is 33.6 Å². The summed E-state index contributed by atoms with van der Waals surface area (Å²) in [6.45, 7) is 6.91. The lowest BCUT2D eigenvalue weighted by molar-refractivity contribution is -0.600. The maximum Gasteiger partial charge on any atom is 0.362 e. The third kappa shape index (κ3) is 3.85. The molecule has 7 nitrogen and oxygen atoms in total. The standard InChI is InChI=1S/C17H22N4O3S/c1-5-24-12(22)8-18-10-6-17(2,3)7-11-14(10)25-16-13(21-11)15(23-4)19-9-20-16/h9,18H,5-8H2,1-4H3/p+1. The Kier molecular flexibility index (Phi) is 5.10. The summed E-state index contributed by atoms with van der Waals surface area (Å²) in [7, 11) is 1.59. The van der Waals surface area contributed by atoms with E-state index in [2.05, 4.69) is 23.8 Å². The van der Waals surface area contributed by atoms with Crippen molar-refractivity contribution in [2.24, 2.45) is 10.4 Å². The molecule has 8 heteroatoms. The van der Waals surface area contributed by atoms with E-state index in [1.807, 2.05) is 12.2 Å². The van der Waals surface area contributed by atoms with Crippen LogP contribution in [0.25, 0.3) is 0 Å². The molecule has 0 saturated carbocycles. The third-order valence-electron chi connectivity index (χ3n) is 4.08. The molecule has 0 spiro atoms. The van der Waals surface area contributed by atoms with Gasteiger partial charge in [0.05, 0.1) is 24.3 Å². The van der Waals surface area contributed by atoms with Crippen LogP contribution in [0.5, 0.6) is 5.88 Å². The van der Waals surface area contributed by atoms with Crippen LogP contribution in [0.4, 0.5) is 5.69 Å². The van der Waals surface area contributed by atoms with Gasteiger partial charge in [0.15, 0.2) is 12.2 Å². The Balaban J connectivity index is 1.95. The minimum Gasteiger partial charge on any atom is -0.479 e. The van der Waals surface area contributed by atoms with Gasteiger partial charge >= 0.3 is 5.97 Å². The Morgan fingerprint density at radius 1 is 1.36 bits per heavy atom. The van der Waals surface area contributed by atoms with E-state index >= 15 is 0 Å². The molecule has 0 atom stereocenters. The number of rotatable bonds is 5. The number of nitrogens with two attached hydrogens (primary N) is 1. The van der Waals surface area contributed by atoms with Gasteiger partial charge in [0.1, 0.15) is 17.1 Å². The summed E-state index contributed by atoms with van der Waals surface area (Å²) in [5, 5.41) is 2.76. The molecule has 1 aromatic rings. The molecule has 134 valence electrons. The SMILES string of the molecule is CCOC(=O)C[NH2+]C1=C2Sc3ncnc(OC)c3N=C2CC(C)(C)C1. The van der Waals surface area contributed by atoms with Gasteiger partial charge in [-0.1, -0.05) is 25.6 Å². The van der Waals surface area contributed by atoms with Gasteiger partial charge in [0.25, 0.3) is 0 Å². The Labute approximate surface area is 151 Å². The minimum atomic E-state index is -0.206. The van der Waals surface area contributed by atoms with Gasteiger partial charge < -0.3 is 14.8 Å². The number of hydrogen-bond acceptors (Lipinski definition) is 7. The quantitative estimate of drug-likeness (QED) is 0.634. The van der Waals surface area contributed by atoms with Crippen LogP contribution in [-0.2, 0) is 9.53 Å². The first-order valence-corrected chi connectivity index (χ1v) is 9.12. The van der Waals surface area contributed by atoms with Crippen molar-refractivity contribution in [3.05, 3.63) is 16.9 Å². The number of hydrogen-bond donors (Lipinski definition) is 1. The zero-order valence-electron chi connectivity index (χ0n) is 15.0. The summed E-state index contributed by atoms with van der Waals surface area (Å²) in [6.07, 6.45) is 3.25. The van der Waals surface area contributed by atoms with Crippen molar-refractivity contribution in [3.8, 4) is 5.88 Å². The van der Waals surface area contributed by atoms with Crippen LogP contribution >= 0.6 is 11.8 Å². The number of thioether (sulfide) groups is 1. The third-order valence-corrected chi connectivity index (χ3v) is 5.28. The second-order valence-electron chi connectivity index (χ2n) is 6.78. The number of esters is 1. The minimum absolute atomic E-state index is 0.0732. The second kappa shape index (κ2) is 7.13.